The minimum Gasteiger partial charge on any atom is -0.469 e. The fraction of sp³-hybridized carbons (Fsp3) is 0.556. The van der Waals surface area contributed by atoms with Gasteiger partial charge in [-0.3, -0.25) is 4.79 Å². The molecule has 0 saturated heterocycles. The Morgan fingerprint density at radius 1 is 1.65 bits per heavy atom. The van der Waals surface area contributed by atoms with E-state index in [0.29, 0.717) is 0 Å². The number of aromatic nitrogens is 2. The molecule has 8 heteroatoms. The molecule has 94 valence electrons. The van der Waals surface area contributed by atoms with Gasteiger partial charge in [0.15, 0.2) is 0 Å². The SMILES string of the molecule is COC(=O)C(C)C(C)n1cc(Br)c([N+](=O)[O-])n1. The predicted molar refractivity (Wildman–Crippen MR) is 62.5 cm³/mol. The Labute approximate surface area is 106 Å². The third-order valence-electron chi connectivity index (χ3n) is 2.56. The highest BCUT2D eigenvalue weighted by molar-refractivity contribution is 9.10. The van der Waals surface area contributed by atoms with Crippen molar-refractivity contribution in [2.45, 2.75) is 19.9 Å². The first-order valence-electron chi connectivity index (χ1n) is 4.85. The molecule has 0 fully saturated rings. The van der Waals surface area contributed by atoms with Crippen LogP contribution in [0.25, 0.3) is 0 Å². The van der Waals surface area contributed by atoms with E-state index in [4.69, 9.17) is 0 Å². The molecule has 0 N–H and O–H groups in total. The Hall–Kier alpha value is -1.44. The van der Waals surface area contributed by atoms with E-state index in [1.165, 1.54) is 18.0 Å². The summed E-state index contributed by atoms with van der Waals surface area (Å²) in [6, 6.07) is -0.326. The zero-order chi connectivity index (χ0) is 13.2. The molecule has 2 unspecified atom stereocenters. The first kappa shape index (κ1) is 13.6. The van der Waals surface area contributed by atoms with Gasteiger partial charge in [-0.15, -0.1) is 0 Å². The summed E-state index contributed by atoms with van der Waals surface area (Å²) in [5.74, 6) is -1.09. The molecule has 0 amide bonds. The summed E-state index contributed by atoms with van der Waals surface area (Å²) in [6.45, 7) is 3.42. The van der Waals surface area contributed by atoms with Crippen molar-refractivity contribution in [2.24, 2.45) is 5.92 Å². The standard InChI is InChI=1S/C9H12BrN3O4/c1-5(9(14)17-3)6(2)12-4-7(10)8(11-12)13(15)16/h4-6H,1-3H3. The summed E-state index contributed by atoms with van der Waals surface area (Å²) in [5, 5.41) is 14.4. The molecule has 1 aromatic rings. The maximum atomic E-state index is 11.3. The summed E-state index contributed by atoms with van der Waals surface area (Å²) >= 11 is 3.05. The van der Waals surface area contributed by atoms with Crippen molar-refractivity contribution in [1.82, 2.24) is 9.78 Å². The van der Waals surface area contributed by atoms with Gasteiger partial charge >= 0.3 is 11.8 Å². The third kappa shape index (κ3) is 2.82. The number of carbonyl (C=O) groups is 1. The molecule has 2 atom stereocenters. The minimum atomic E-state index is -0.587. The number of halogens is 1. The van der Waals surface area contributed by atoms with Crippen LogP contribution < -0.4 is 0 Å². The van der Waals surface area contributed by atoms with Crippen LogP contribution in [0.1, 0.15) is 19.9 Å². The Morgan fingerprint density at radius 2 is 2.24 bits per heavy atom. The van der Waals surface area contributed by atoms with Gasteiger partial charge in [-0.05, 0) is 34.7 Å². The number of esters is 1. The molecule has 1 aromatic heterocycles. The maximum Gasteiger partial charge on any atom is 0.404 e. The summed E-state index contributed by atoms with van der Waals surface area (Å²) in [5.41, 5.74) is 0. The van der Waals surface area contributed by atoms with E-state index >= 15 is 0 Å². The van der Waals surface area contributed by atoms with Crippen LogP contribution in [0.4, 0.5) is 5.82 Å². The van der Waals surface area contributed by atoms with E-state index < -0.39 is 10.8 Å². The van der Waals surface area contributed by atoms with Gasteiger partial charge in [0.25, 0.3) is 0 Å². The fourth-order valence-electron chi connectivity index (χ4n) is 1.30. The summed E-state index contributed by atoms with van der Waals surface area (Å²) in [7, 11) is 1.30. The molecule has 1 heterocycles. The molecule has 0 radical (unpaired) electrons. The molecule has 0 bridgehead atoms. The van der Waals surface area contributed by atoms with Crippen LogP contribution in [-0.2, 0) is 9.53 Å². The van der Waals surface area contributed by atoms with Gasteiger partial charge < -0.3 is 14.9 Å². The lowest BCUT2D eigenvalue weighted by molar-refractivity contribution is -0.390. The van der Waals surface area contributed by atoms with E-state index in [2.05, 4.69) is 25.8 Å². The lowest BCUT2D eigenvalue weighted by Crippen LogP contribution is -2.23. The summed E-state index contributed by atoms with van der Waals surface area (Å²) in [6.07, 6.45) is 1.47. The molecule has 0 aliphatic carbocycles. The summed E-state index contributed by atoms with van der Waals surface area (Å²) in [4.78, 5) is 21.4. The monoisotopic (exact) mass is 305 g/mol. The Bertz CT molecular complexity index is 445. The number of hydrogen-bond acceptors (Lipinski definition) is 5. The van der Waals surface area contributed by atoms with Gasteiger partial charge in [0.1, 0.15) is 4.47 Å². The molecule has 7 nitrogen and oxygen atoms in total. The van der Waals surface area contributed by atoms with Crippen molar-refractivity contribution in [3.63, 3.8) is 0 Å². The van der Waals surface area contributed by atoms with Crippen LogP contribution in [0.5, 0.6) is 0 Å². The number of nitrogens with zero attached hydrogens (tertiary/aromatic N) is 3. The van der Waals surface area contributed by atoms with Gasteiger partial charge in [0, 0.05) is 0 Å². The third-order valence-corrected chi connectivity index (χ3v) is 3.12. The lowest BCUT2D eigenvalue weighted by atomic mass is 10.0. The average Bonchev–Trinajstić information content (AvgIpc) is 2.68. The van der Waals surface area contributed by atoms with Gasteiger partial charge in [0.2, 0.25) is 0 Å². The summed E-state index contributed by atoms with van der Waals surface area (Å²) < 4.78 is 6.28. The highest BCUT2D eigenvalue weighted by Crippen LogP contribution is 2.26. The molecule has 0 aliphatic heterocycles. The van der Waals surface area contributed by atoms with Crippen LogP contribution >= 0.6 is 15.9 Å². The van der Waals surface area contributed by atoms with Gasteiger partial charge in [-0.25, -0.2) is 0 Å². The highest BCUT2D eigenvalue weighted by atomic mass is 79.9. The predicted octanol–water partition coefficient (Wildman–Crippen LogP) is 1.92. The molecular weight excluding hydrogens is 294 g/mol. The van der Waals surface area contributed by atoms with Crippen molar-refractivity contribution >= 4 is 27.7 Å². The molecular formula is C9H12BrN3O4. The van der Waals surface area contributed by atoms with Crippen LogP contribution in [0, 0.1) is 16.0 Å². The van der Waals surface area contributed by atoms with Gasteiger partial charge in [-0.1, -0.05) is 0 Å². The second-order valence-corrected chi connectivity index (χ2v) is 4.44. The molecule has 0 aliphatic rings. The zero-order valence-corrected chi connectivity index (χ0v) is 11.2. The molecule has 0 spiro atoms. The average molecular weight is 306 g/mol. The van der Waals surface area contributed by atoms with E-state index in [-0.39, 0.29) is 22.3 Å². The highest BCUT2D eigenvalue weighted by Gasteiger charge is 2.28. The van der Waals surface area contributed by atoms with Crippen LogP contribution in [-0.4, -0.2) is 27.8 Å². The fourth-order valence-corrected chi connectivity index (χ4v) is 1.74. The van der Waals surface area contributed by atoms with Crippen LogP contribution in [0.2, 0.25) is 0 Å². The number of nitro groups is 1. The first-order chi connectivity index (χ1) is 7.88. The lowest BCUT2D eigenvalue weighted by Gasteiger charge is -2.14. The van der Waals surface area contributed by atoms with E-state index in [0.717, 1.165) is 0 Å². The van der Waals surface area contributed by atoms with Gasteiger partial charge in [-0.2, -0.15) is 4.68 Å². The smallest absolute Gasteiger partial charge is 0.404 e. The molecule has 0 saturated carbocycles. The quantitative estimate of drug-likeness (QED) is 0.482. The number of carbonyl (C=O) groups excluding carboxylic acids is 1. The van der Waals surface area contributed by atoms with E-state index in [9.17, 15) is 14.9 Å². The van der Waals surface area contributed by atoms with Crippen LogP contribution in [0.15, 0.2) is 10.7 Å². The van der Waals surface area contributed by atoms with Crippen LogP contribution in [0.3, 0.4) is 0 Å². The molecule has 17 heavy (non-hydrogen) atoms. The van der Waals surface area contributed by atoms with Crippen molar-refractivity contribution in [3.8, 4) is 0 Å². The minimum absolute atomic E-state index is 0.270. The number of ether oxygens (including phenoxy) is 1. The maximum absolute atomic E-state index is 11.3. The second-order valence-electron chi connectivity index (χ2n) is 3.59. The van der Waals surface area contributed by atoms with E-state index in [1.807, 2.05) is 0 Å². The normalized spacial score (nSPS) is 14.1. The largest absolute Gasteiger partial charge is 0.469 e. The second kappa shape index (κ2) is 5.26. The van der Waals surface area contributed by atoms with E-state index in [1.54, 1.807) is 13.8 Å². The number of methoxy groups -OCH3 is 1. The molecule has 1 rings (SSSR count). The van der Waals surface area contributed by atoms with Crippen molar-refractivity contribution in [1.29, 1.82) is 0 Å². The topological polar surface area (TPSA) is 87.3 Å². The van der Waals surface area contributed by atoms with Crippen molar-refractivity contribution in [2.75, 3.05) is 7.11 Å². The van der Waals surface area contributed by atoms with Gasteiger partial charge in [0.05, 0.1) is 30.4 Å². The Morgan fingerprint density at radius 3 is 2.65 bits per heavy atom. The Balaban J connectivity index is 2.97. The zero-order valence-electron chi connectivity index (χ0n) is 9.58. The van der Waals surface area contributed by atoms with Crippen molar-refractivity contribution in [3.05, 3.63) is 20.8 Å². The number of rotatable bonds is 4. The molecule has 0 aromatic carbocycles. The first-order valence-corrected chi connectivity index (χ1v) is 5.64. The Kier molecular flexibility index (Phi) is 4.22. The van der Waals surface area contributed by atoms with Crippen molar-refractivity contribution < 1.29 is 14.5 Å². The number of hydrogen-bond donors (Lipinski definition) is 0.